The van der Waals surface area contributed by atoms with Gasteiger partial charge < -0.3 is 10.1 Å². The fraction of sp³-hybridized carbons (Fsp3) is 0.500. The lowest BCUT2D eigenvalue weighted by atomic mass is 10.6. The second-order valence-corrected chi connectivity index (χ2v) is 2.19. The van der Waals surface area contributed by atoms with Gasteiger partial charge in [0.05, 0.1) is 7.11 Å². The molecular formula is C8H14ClN3O. The van der Waals surface area contributed by atoms with Crippen LogP contribution in [0.2, 0.25) is 5.15 Å². The molecule has 1 rings (SSSR count). The molecule has 1 N–H and O–H groups in total. The minimum atomic E-state index is 0.362. The highest BCUT2D eigenvalue weighted by atomic mass is 35.5. The quantitative estimate of drug-likeness (QED) is 0.749. The molecular weight excluding hydrogens is 190 g/mol. The first-order chi connectivity index (χ1) is 6.26. The normalized spacial score (nSPS) is 8.38. The highest BCUT2D eigenvalue weighted by Crippen LogP contribution is 2.14. The third-order valence-electron chi connectivity index (χ3n) is 1.10. The fourth-order valence-electron chi connectivity index (χ4n) is 0.613. The van der Waals surface area contributed by atoms with Crippen molar-refractivity contribution < 1.29 is 4.74 Å². The van der Waals surface area contributed by atoms with Gasteiger partial charge >= 0.3 is 0 Å². The number of anilines is 1. The summed E-state index contributed by atoms with van der Waals surface area (Å²) >= 11 is 5.64. The smallest absolute Gasteiger partial charge is 0.227 e. The average Bonchev–Trinajstić information content (AvgIpc) is 2.20. The number of ether oxygens (including phenoxy) is 1. The molecule has 13 heavy (non-hydrogen) atoms. The van der Waals surface area contributed by atoms with E-state index in [1.165, 1.54) is 7.11 Å². The van der Waals surface area contributed by atoms with E-state index in [0.29, 0.717) is 17.0 Å². The molecule has 1 heterocycles. The molecule has 0 spiro atoms. The Morgan fingerprint density at radius 2 is 2.00 bits per heavy atom. The van der Waals surface area contributed by atoms with Crippen LogP contribution in [0.25, 0.3) is 0 Å². The van der Waals surface area contributed by atoms with E-state index in [4.69, 9.17) is 16.3 Å². The Labute approximate surface area is 83.3 Å². The monoisotopic (exact) mass is 203 g/mol. The van der Waals surface area contributed by atoms with Crippen LogP contribution in [0.3, 0.4) is 0 Å². The first-order valence-electron chi connectivity index (χ1n) is 4.02. The van der Waals surface area contributed by atoms with Gasteiger partial charge in [0.2, 0.25) is 11.8 Å². The van der Waals surface area contributed by atoms with Crippen LogP contribution in [0.15, 0.2) is 6.07 Å². The number of rotatable bonds is 2. The van der Waals surface area contributed by atoms with Crippen molar-refractivity contribution in [3.63, 3.8) is 0 Å². The van der Waals surface area contributed by atoms with Crippen molar-refractivity contribution in [2.75, 3.05) is 19.5 Å². The van der Waals surface area contributed by atoms with Crippen molar-refractivity contribution in [2.24, 2.45) is 0 Å². The fourth-order valence-corrected chi connectivity index (χ4v) is 0.787. The Hall–Kier alpha value is -1.03. The summed E-state index contributed by atoms with van der Waals surface area (Å²) in [6.45, 7) is 4.00. The summed E-state index contributed by atoms with van der Waals surface area (Å²) in [5.41, 5.74) is 0. The predicted molar refractivity (Wildman–Crippen MR) is 54.5 cm³/mol. The SMILES string of the molecule is CC.CNc1nc(Cl)cc(OC)n1. The summed E-state index contributed by atoms with van der Waals surface area (Å²) in [6, 6.07) is 1.54. The maximum absolute atomic E-state index is 5.64. The molecule has 0 aliphatic heterocycles. The lowest BCUT2D eigenvalue weighted by Crippen LogP contribution is -1.98. The van der Waals surface area contributed by atoms with Crippen LogP contribution in [-0.4, -0.2) is 24.1 Å². The summed E-state index contributed by atoms with van der Waals surface area (Å²) < 4.78 is 4.86. The van der Waals surface area contributed by atoms with Crippen molar-refractivity contribution in [1.29, 1.82) is 0 Å². The van der Waals surface area contributed by atoms with E-state index in [9.17, 15) is 0 Å². The maximum atomic E-state index is 5.64. The Bertz CT molecular complexity index is 233. The summed E-state index contributed by atoms with van der Waals surface area (Å²) in [6.07, 6.45) is 0. The van der Waals surface area contributed by atoms with E-state index < -0.39 is 0 Å². The Morgan fingerprint density at radius 3 is 2.46 bits per heavy atom. The van der Waals surface area contributed by atoms with E-state index in [0.717, 1.165) is 0 Å². The van der Waals surface area contributed by atoms with E-state index in [2.05, 4.69) is 15.3 Å². The van der Waals surface area contributed by atoms with Crippen molar-refractivity contribution in [3.05, 3.63) is 11.2 Å². The molecule has 0 aliphatic rings. The van der Waals surface area contributed by atoms with Gasteiger partial charge in [0.1, 0.15) is 5.15 Å². The molecule has 0 aromatic carbocycles. The largest absolute Gasteiger partial charge is 0.481 e. The number of aromatic nitrogens is 2. The Kier molecular flexibility index (Phi) is 5.97. The zero-order chi connectivity index (χ0) is 10.3. The second kappa shape index (κ2) is 6.48. The molecule has 0 atom stereocenters. The second-order valence-electron chi connectivity index (χ2n) is 1.81. The lowest BCUT2D eigenvalue weighted by molar-refractivity contribution is 0.397. The molecule has 0 unspecified atom stereocenters. The van der Waals surface area contributed by atoms with Gasteiger partial charge in [0, 0.05) is 13.1 Å². The molecule has 0 bridgehead atoms. The Morgan fingerprint density at radius 1 is 1.38 bits per heavy atom. The minimum absolute atomic E-state index is 0.362. The molecule has 4 nitrogen and oxygen atoms in total. The lowest BCUT2D eigenvalue weighted by Gasteiger charge is -2.01. The standard InChI is InChI=1S/C6H8ClN3O.C2H6/c1-8-6-9-4(7)3-5(10-6)11-2;1-2/h3H,1-2H3,(H,8,9,10);1-2H3. The molecule has 1 aromatic rings. The zero-order valence-corrected chi connectivity index (χ0v) is 9.01. The number of hydrogen-bond donors (Lipinski definition) is 1. The average molecular weight is 204 g/mol. The topological polar surface area (TPSA) is 47.0 Å². The number of methoxy groups -OCH3 is 1. The van der Waals surface area contributed by atoms with E-state index in [1.54, 1.807) is 13.1 Å². The van der Waals surface area contributed by atoms with Crippen LogP contribution < -0.4 is 10.1 Å². The third kappa shape index (κ3) is 3.94. The van der Waals surface area contributed by atoms with Gasteiger partial charge in [-0.1, -0.05) is 25.4 Å². The molecule has 0 saturated carbocycles. The van der Waals surface area contributed by atoms with Gasteiger partial charge in [0.15, 0.2) is 0 Å². The number of nitrogens with one attached hydrogen (secondary N) is 1. The number of halogens is 1. The zero-order valence-electron chi connectivity index (χ0n) is 8.26. The van der Waals surface area contributed by atoms with E-state index in [1.807, 2.05) is 13.8 Å². The molecule has 0 saturated heterocycles. The van der Waals surface area contributed by atoms with E-state index >= 15 is 0 Å². The van der Waals surface area contributed by atoms with E-state index in [-0.39, 0.29) is 0 Å². The predicted octanol–water partition coefficient (Wildman–Crippen LogP) is 2.21. The third-order valence-corrected chi connectivity index (χ3v) is 1.30. The minimum Gasteiger partial charge on any atom is -0.481 e. The maximum Gasteiger partial charge on any atom is 0.227 e. The van der Waals surface area contributed by atoms with Gasteiger partial charge in [0.25, 0.3) is 0 Å². The number of hydrogen-bond acceptors (Lipinski definition) is 4. The highest BCUT2D eigenvalue weighted by Gasteiger charge is 1.99. The van der Waals surface area contributed by atoms with Crippen molar-refractivity contribution in [1.82, 2.24) is 9.97 Å². The van der Waals surface area contributed by atoms with Crippen molar-refractivity contribution in [3.8, 4) is 5.88 Å². The van der Waals surface area contributed by atoms with Crippen molar-refractivity contribution in [2.45, 2.75) is 13.8 Å². The summed E-state index contributed by atoms with van der Waals surface area (Å²) in [4.78, 5) is 7.81. The summed E-state index contributed by atoms with van der Waals surface area (Å²) in [7, 11) is 3.24. The van der Waals surface area contributed by atoms with Crippen LogP contribution >= 0.6 is 11.6 Å². The van der Waals surface area contributed by atoms with Gasteiger partial charge in [-0.3, -0.25) is 0 Å². The Balaban J connectivity index is 0.000000671. The van der Waals surface area contributed by atoms with Gasteiger partial charge in [-0.25, -0.2) is 4.98 Å². The summed E-state index contributed by atoms with van der Waals surface area (Å²) in [5.74, 6) is 0.906. The van der Waals surface area contributed by atoms with Gasteiger partial charge in [-0.05, 0) is 0 Å². The molecule has 1 aromatic heterocycles. The van der Waals surface area contributed by atoms with Crippen LogP contribution in [0.5, 0.6) is 5.88 Å². The highest BCUT2D eigenvalue weighted by molar-refractivity contribution is 6.29. The molecule has 0 aliphatic carbocycles. The summed E-state index contributed by atoms with van der Waals surface area (Å²) in [5, 5.41) is 3.12. The van der Waals surface area contributed by atoms with Crippen molar-refractivity contribution >= 4 is 17.5 Å². The molecule has 0 fully saturated rings. The van der Waals surface area contributed by atoms with Crippen LogP contribution in [0.1, 0.15) is 13.8 Å². The van der Waals surface area contributed by atoms with Crippen LogP contribution in [0, 0.1) is 0 Å². The van der Waals surface area contributed by atoms with Gasteiger partial charge in [-0.2, -0.15) is 4.98 Å². The van der Waals surface area contributed by atoms with Gasteiger partial charge in [-0.15, -0.1) is 0 Å². The molecule has 0 radical (unpaired) electrons. The number of nitrogens with zero attached hydrogens (tertiary/aromatic N) is 2. The first kappa shape index (κ1) is 12.0. The molecule has 0 amide bonds. The molecule has 5 heteroatoms. The van der Waals surface area contributed by atoms with Crippen LogP contribution in [-0.2, 0) is 0 Å². The van der Waals surface area contributed by atoms with Crippen LogP contribution in [0.4, 0.5) is 5.95 Å². The first-order valence-corrected chi connectivity index (χ1v) is 4.40. The molecule has 74 valence electrons.